The Morgan fingerprint density at radius 3 is 2.71 bits per heavy atom. The molecule has 0 spiro atoms. The Bertz CT molecular complexity index is 454. The lowest BCUT2D eigenvalue weighted by molar-refractivity contribution is -0.137. The number of carbonyl (C=O) groups excluding carboxylic acids is 1. The zero-order valence-corrected chi connectivity index (χ0v) is 9.27. The quantitative estimate of drug-likeness (QED) is 0.803. The predicted octanol–water partition coefficient (Wildman–Crippen LogP) is 3.54. The SMILES string of the molecule is CCC1CC(=O)Nc2ccc(C(F)(F)F)cc21. The first-order valence-electron chi connectivity index (χ1n) is 5.42. The average Bonchev–Trinajstić information content (AvgIpc) is 2.25. The van der Waals surface area contributed by atoms with Crippen molar-refractivity contribution in [2.45, 2.75) is 31.9 Å². The van der Waals surface area contributed by atoms with E-state index in [0.717, 1.165) is 12.1 Å². The summed E-state index contributed by atoms with van der Waals surface area (Å²) in [5.74, 6) is -0.259. The van der Waals surface area contributed by atoms with Gasteiger partial charge in [-0.05, 0) is 36.1 Å². The molecule has 1 aliphatic rings. The minimum Gasteiger partial charge on any atom is -0.326 e. The molecule has 0 fully saturated rings. The van der Waals surface area contributed by atoms with Crippen LogP contribution in [-0.2, 0) is 11.0 Å². The Hall–Kier alpha value is -1.52. The van der Waals surface area contributed by atoms with Crippen LogP contribution in [0.5, 0.6) is 0 Å². The molecule has 1 amide bonds. The number of carbonyl (C=O) groups is 1. The molecule has 1 aliphatic heterocycles. The van der Waals surface area contributed by atoms with Crippen molar-refractivity contribution in [2.24, 2.45) is 0 Å². The molecule has 2 rings (SSSR count). The summed E-state index contributed by atoms with van der Waals surface area (Å²) in [6.45, 7) is 1.87. The Kier molecular flexibility index (Phi) is 2.85. The van der Waals surface area contributed by atoms with Crippen molar-refractivity contribution >= 4 is 11.6 Å². The van der Waals surface area contributed by atoms with E-state index in [1.165, 1.54) is 6.07 Å². The number of hydrogen-bond donors (Lipinski definition) is 1. The molecule has 1 unspecified atom stereocenters. The summed E-state index contributed by atoms with van der Waals surface area (Å²) >= 11 is 0. The van der Waals surface area contributed by atoms with Crippen LogP contribution in [-0.4, -0.2) is 5.91 Å². The molecule has 0 saturated heterocycles. The number of halogens is 3. The summed E-state index contributed by atoms with van der Waals surface area (Å²) in [7, 11) is 0. The van der Waals surface area contributed by atoms with Gasteiger partial charge in [-0.1, -0.05) is 6.92 Å². The highest BCUT2D eigenvalue weighted by Gasteiger charge is 2.33. The molecule has 1 aromatic rings. The molecule has 2 nitrogen and oxygen atoms in total. The molecule has 1 heterocycles. The number of alkyl halides is 3. The molecule has 0 aliphatic carbocycles. The van der Waals surface area contributed by atoms with Crippen LogP contribution in [0.3, 0.4) is 0 Å². The second kappa shape index (κ2) is 4.05. The highest BCUT2D eigenvalue weighted by molar-refractivity contribution is 5.94. The minimum atomic E-state index is -4.34. The number of rotatable bonds is 1. The predicted molar refractivity (Wildman–Crippen MR) is 57.7 cm³/mol. The Morgan fingerprint density at radius 2 is 2.12 bits per heavy atom. The van der Waals surface area contributed by atoms with Crippen molar-refractivity contribution in [1.29, 1.82) is 0 Å². The summed E-state index contributed by atoms with van der Waals surface area (Å²) in [5, 5.41) is 2.60. The van der Waals surface area contributed by atoms with Crippen LogP contribution < -0.4 is 5.32 Å². The largest absolute Gasteiger partial charge is 0.416 e. The van der Waals surface area contributed by atoms with Gasteiger partial charge < -0.3 is 5.32 Å². The molecule has 1 atom stereocenters. The fourth-order valence-electron chi connectivity index (χ4n) is 2.09. The maximum absolute atomic E-state index is 12.6. The number of fused-ring (bicyclic) bond motifs is 1. The minimum absolute atomic E-state index is 0.124. The summed E-state index contributed by atoms with van der Waals surface area (Å²) in [4.78, 5) is 11.3. The van der Waals surface area contributed by atoms with E-state index < -0.39 is 11.7 Å². The zero-order valence-electron chi connectivity index (χ0n) is 9.27. The molecule has 17 heavy (non-hydrogen) atoms. The molecule has 0 bridgehead atoms. The number of anilines is 1. The molecular weight excluding hydrogens is 231 g/mol. The third kappa shape index (κ3) is 2.28. The van der Waals surface area contributed by atoms with E-state index in [1.54, 1.807) is 0 Å². The molecule has 1 aromatic carbocycles. The molecule has 5 heteroatoms. The van der Waals surface area contributed by atoms with E-state index in [4.69, 9.17) is 0 Å². The summed E-state index contributed by atoms with van der Waals surface area (Å²) in [6, 6.07) is 3.47. The van der Waals surface area contributed by atoms with Gasteiger partial charge in [-0.3, -0.25) is 4.79 Å². The molecule has 92 valence electrons. The molecular formula is C12H12F3NO. The van der Waals surface area contributed by atoms with Gasteiger partial charge >= 0.3 is 6.18 Å². The van der Waals surface area contributed by atoms with Crippen molar-refractivity contribution in [1.82, 2.24) is 0 Å². The zero-order chi connectivity index (χ0) is 12.6. The van der Waals surface area contributed by atoms with Gasteiger partial charge in [0.1, 0.15) is 0 Å². The fraction of sp³-hybridized carbons (Fsp3) is 0.417. The lowest BCUT2D eigenvalue weighted by Gasteiger charge is -2.25. The third-order valence-corrected chi connectivity index (χ3v) is 3.02. The Balaban J connectivity index is 2.46. The van der Waals surface area contributed by atoms with Crippen molar-refractivity contribution in [3.05, 3.63) is 29.3 Å². The van der Waals surface area contributed by atoms with Gasteiger partial charge in [0.25, 0.3) is 0 Å². The fourth-order valence-corrected chi connectivity index (χ4v) is 2.09. The number of nitrogens with one attached hydrogen (secondary N) is 1. The van der Waals surface area contributed by atoms with Gasteiger partial charge in [0.05, 0.1) is 5.56 Å². The maximum Gasteiger partial charge on any atom is 0.416 e. The standard InChI is InChI=1S/C12H12F3NO/c1-2-7-5-11(17)16-10-4-3-8(6-9(7)10)12(13,14)15/h3-4,6-7H,2,5H2,1H3,(H,16,17). The van der Waals surface area contributed by atoms with Gasteiger partial charge in [-0.2, -0.15) is 13.2 Å². The summed E-state index contributed by atoms with van der Waals surface area (Å²) < 4.78 is 37.7. The smallest absolute Gasteiger partial charge is 0.326 e. The lowest BCUT2D eigenvalue weighted by atomic mass is 9.87. The van der Waals surface area contributed by atoms with Crippen molar-refractivity contribution < 1.29 is 18.0 Å². The third-order valence-electron chi connectivity index (χ3n) is 3.02. The lowest BCUT2D eigenvalue weighted by Crippen LogP contribution is -2.23. The van der Waals surface area contributed by atoms with Crippen LogP contribution >= 0.6 is 0 Å². The molecule has 0 saturated carbocycles. The van der Waals surface area contributed by atoms with Crippen LogP contribution in [0, 0.1) is 0 Å². The second-order valence-corrected chi connectivity index (χ2v) is 4.16. The van der Waals surface area contributed by atoms with E-state index in [2.05, 4.69) is 5.32 Å². The van der Waals surface area contributed by atoms with E-state index in [0.29, 0.717) is 17.7 Å². The van der Waals surface area contributed by atoms with E-state index in [-0.39, 0.29) is 18.2 Å². The first-order chi connectivity index (χ1) is 7.91. The average molecular weight is 243 g/mol. The van der Waals surface area contributed by atoms with Crippen molar-refractivity contribution in [2.75, 3.05) is 5.32 Å². The van der Waals surface area contributed by atoms with Crippen molar-refractivity contribution in [3.8, 4) is 0 Å². The first kappa shape index (κ1) is 12.0. The monoisotopic (exact) mass is 243 g/mol. The molecule has 0 radical (unpaired) electrons. The summed E-state index contributed by atoms with van der Waals surface area (Å²) in [6.07, 6.45) is -3.43. The normalized spacial score (nSPS) is 19.8. The van der Waals surface area contributed by atoms with Crippen LogP contribution in [0.4, 0.5) is 18.9 Å². The van der Waals surface area contributed by atoms with Gasteiger partial charge in [0, 0.05) is 12.1 Å². The van der Waals surface area contributed by atoms with Gasteiger partial charge in [0.2, 0.25) is 5.91 Å². The van der Waals surface area contributed by atoms with Gasteiger partial charge in [-0.25, -0.2) is 0 Å². The van der Waals surface area contributed by atoms with Crippen LogP contribution in [0.25, 0.3) is 0 Å². The Morgan fingerprint density at radius 1 is 1.41 bits per heavy atom. The van der Waals surface area contributed by atoms with E-state index in [9.17, 15) is 18.0 Å². The van der Waals surface area contributed by atoms with Gasteiger partial charge in [-0.15, -0.1) is 0 Å². The molecule has 1 N–H and O–H groups in total. The van der Waals surface area contributed by atoms with Crippen LogP contribution in [0.2, 0.25) is 0 Å². The Labute approximate surface area is 96.8 Å². The highest BCUT2D eigenvalue weighted by atomic mass is 19.4. The van der Waals surface area contributed by atoms with E-state index >= 15 is 0 Å². The van der Waals surface area contributed by atoms with Crippen LogP contribution in [0.1, 0.15) is 36.8 Å². The first-order valence-corrected chi connectivity index (χ1v) is 5.42. The number of hydrogen-bond acceptors (Lipinski definition) is 1. The number of amides is 1. The van der Waals surface area contributed by atoms with E-state index in [1.807, 2.05) is 6.92 Å². The van der Waals surface area contributed by atoms with Crippen LogP contribution in [0.15, 0.2) is 18.2 Å². The topological polar surface area (TPSA) is 29.1 Å². The molecule has 0 aromatic heterocycles. The highest BCUT2D eigenvalue weighted by Crippen LogP contribution is 2.38. The van der Waals surface area contributed by atoms with Crippen molar-refractivity contribution in [3.63, 3.8) is 0 Å². The summed E-state index contributed by atoms with van der Waals surface area (Å²) in [5.41, 5.74) is 0.425. The number of benzene rings is 1. The van der Waals surface area contributed by atoms with Gasteiger partial charge in [0.15, 0.2) is 0 Å². The second-order valence-electron chi connectivity index (χ2n) is 4.16. The maximum atomic E-state index is 12.6.